The Kier molecular flexibility index (Phi) is 4.53. The molecule has 0 atom stereocenters. The first kappa shape index (κ1) is 16.3. The first-order valence-electron chi connectivity index (χ1n) is 8.49. The van der Waals surface area contributed by atoms with Gasteiger partial charge in [0.05, 0.1) is 5.56 Å². The third-order valence-electron chi connectivity index (χ3n) is 4.65. The molecule has 5 nitrogen and oxygen atoms in total. The van der Waals surface area contributed by atoms with Gasteiger partial charge in [-0.2, -0.15) is 4.98 Å². The van der Waals surface area contributed by atoms with Gasteiger partial charge in [-0.15, -0.1) is 0 Å². The van der Waals surface area contributed by atoms with Crippen molar-refractivity contribution in [2.24, 2.45) is 5.92 Å². The van der Waals surface area contributed by atoms with E-state index in [1.54, 1.807) is 12.4 Å². The van der Waals surface area contributed by atoms with Crippen LogP contribution in [-0.4, -0.2) is 28.2 Å². The molecule has 6 heteroatoms. The van der Waals surface area contributed by atoms with E-state index in [9.17, 15) is 0 Å². The van der Waals surface area contributed by atoms with Crippen molar-refractivity contribution in [3.8, 4) is 22.8 Å². The van der Waals surface area contributed by atoms with Gasteiger partial charge in [0.2, 0.25) is 5.82 Å². The van der Waals surface area contributed by atoms with E-state index in [-0.39, 0.29) is 0 Å². The number of halogens is 1. The monoisotopic (exact) mass is 398 g/mol. The van der Waals surface area contributed by atoms with Gasteiger partial charge in [0.15, 0.2) is 0 Å². The lowest BCUT2D eigenvalue weighted by Crippen LogP contribution is -2.32. The molecule has 1 aliphatic heterocycles. The summed E-state index contributed by atoms with van der Waals surface area (Å²) < 4.78 is 6.27. The maximum absolute atomic E-state index is 5.39. The van der Waals surface area contributed by atoms with E-state index in [1.807, 2.05) is 6.07 Å². The molecule has 3 aromatic rings. The Morgan fingerprint density at radius 2 is 1.84 bits per heavy atom. The summed E-state index contributed by atoms with van der Waals surface area (Å²) >= 11 is 3.40. The van der Waals surface area contributed by atoms with Crippen molar-refractivity contribution >= 4 is 21.6 Å². The molecule has 4 rings (SSSR count). The quantitative estimate of drug-likeness (QED) is 0.634. The average molecular weight is 399 g/mol. The largest absolute Gasteiger partial charge is 0.372 e. The lowest BCUT2D eigenvalue weighted by molar-refractivity contribution is 0.432. The van der Waals surface area contributed by atoms with E-state index < -0.39 is 0 Å². The van der Waals surface area contributed by atoms with Gasteiger partial charge >= 0.3 is 0 Å². The number of anilines is 1. The summed E-state index contributed by atoms with van der Waals surface area (Å²) in [5.41, 5.74) is 3.01. The first-order valence-corrected chi connectivity index (χ1v) is 9.28. The molecule has 0 N–H and O–H groups in total. The van der Waals surface area contributed by atoms with Crippen LogP contribution in [0, 0.1) is 5.92 Å². The van der Waals surface area contributed by atoms with E-state index in [0.29, 0.717) is 11.7 Å². The zero-order valence-corrected chi connectivity index (χ0v) is 15.6. The molecule has 0 unspecified atom stereocenters. The van der Waals surface area contributed by atoms with Crippen molar-refractivity contribution in [2.75, 3.05) is 18.0 Å². The zero-order chi connectivity index (χ0) is 17.2. The molecule has 3 heterocycles. The van der Waals surface area contributed by atoms with Gasteiger partial charge < -0.3 is 9.42 Å². The van der Waals surface area contributed by atoms with Gasteiger partial charge in [0.25, 0.3) is 5.89 Å². The van der Waals surface area contributed by atoms with Crippen LogP contribution in [0.4, 0.5) is 5.69 Å². The Morgan fingerprint density at radius 3 is 2.56 bits per heavy atom. The standard InChI is InChI=1S/C19H19BrN4O/c1-13-6-8-24(9-7-13)17-4-2-14(3-5-17)18-22-19(25-23-18)15-10-16(20)12-21-11-15/h2-5,10-13H,6-9H2,1H3. The molecule has 25 heavy (non-hydrogen) atoms. The summed E-state index contributed by atoms with van der Waals surface area (Å²) in [7, 11) is 0. The predicted molar refractivity (Wildman–Crippen MR) is 101 cm³/mol. The van der Waals surface area contributed by atoms with Gasteiger partial charge in [-0.1, -0.05) is 12.1 Å². The maximum Gasteiger partial charge on any atom is 0.259 e. The van der Waals surface area contributed by atoms with Gasteiger partial charge in [-0.05, 0) is 65.0 Å². The summed E-state index contributed by atoms with van der Waals surface area (Å²) in [4.78, 5) is 11.1. The molecule has 0 aliphatic carbocycles. The molecule has 128 valence electrons. The smallest absolute Gasteiger partial charge is 0.259 e. The van der Waals surface area contributed by atoms with E-state index >= 15 is 0 Å². The molecule has 1 aliphatic rings. The fraction of sp³-hybridized carbons (Fsp3) is 0.316. The van der Waals surface area contributed by atoms with Gasteiger partial charge in [0, 0.05) is 41.2 Å². The second-order valence-electron chi connectivity index (χ2n) is 6.53. The molecular weight excluding hydrogens is 380 g/mol. The van der Waals surface area contributed by atoms with E-state index in [1.165, 1.54) is 18.5 Å². The number of hydrogen-bond donors (Lipinski definition) is 0. The van der Waals surface area contributed by atoms with Crippen molar-refractivity contribution < 1.29 is 4.52 Å². The number of nitrogens with zero attached hydrogens (tertiary/aromatic N) is 4. The minimum atomic E-state index is 0.470. The molecular formula is C19H19BrN4O. The number of hydrogen-bond acceptors (Lipinski definition) is 5. The molecule has 0 saturated carbocycles. The van der Waals surface area contributed by atoms with Crippen LogP contribution in [0.5, 0.6) is 0 Å². The highest BCUT2D eigenvalue weighted by Gasteiger charge is 2.16. The van der Waals surface area contributed by atoms with Crippen molar-refractivity contribution in [2.45, 2.75) is 19.8 Å². The van der Waals surface area contributed by atoms with Gasteiger partial charge in [-0.3, -0.25) is 4.98 Å². The SMILES string of the molecule is CC1CCN(c2ccc(-c3noc(-c4cncc(Br)c4)n3)cc2)CC1. The highest BCUT2D eigenvalue weighted by atomic mass is 79.9. The summed E-state index contributed by atoms with van der Waals surface area (Å²) in [6.07, 6.45) is 5.95. The molecule has 1 saturated heterocycles. The van der Waals surface area contributed by atoms with Crippen LogP contribution in [0.3, 0.4) is 0 Å². The van der Waals surface area contributed by atoms with E-state index in [4.69, 9.17) is 4.52 Å². The summed E-state index contributed by atoms with van der Waals surface area (Å²) in [6.45, 7) is 4.58. The Balaban J connectivity index is 1.53. The van der Waals surface area contributed by atoms with Crippen LogP contribution in [0.25, 0.3) is 22.8 Å². The molecule has 0 amide bonds. The fourth-order valence-corrected chi connectivity index (χ4v) is 3.44. The summed E-state index contributed by atoms with van der Waals surface area (Å²) in [6, 6.07) is 10.3. The Bertz CT molecular complexity index is 854. The number of pyridine rings is 1. The molecule has 0 radical (unpaired) electrons. The summed E-state index contributed by atoms with van der Waals surface area (Å²) in [5.74, 6) is 1.90. The van der Waals surface area contributed by atoms with Crippen molar-refractivity contribution in [3.63, 3.8) is 0 Å². The second-order valence-corrected chi connectivity index (χ2v) is 7.45. The first-order chi connectivity index (χ1) is 12.2. The topological polar surface area (TPSA) is 55.1 Å². The van der Waals surface area contributed by atoms with Crippen LogP contribution in [0.2, 0.25) is 0 Å². The summed E-state index contributed by atoms with van der Waals surface area (Å²) in [5, 5.41) is 4.10. The second kappa shape index (κ2) is 6.96. The Morgan fingerprint density at radius 1 is 1.08 bits per heavy atom. The van der Waals surface area contributed by atoms with Crippen LogP contribution < -0.4 is 4.90 Å². The number of aromatic nitrogens is 3. The highest BCUT2D eigenvalue weighted by Crippen LogP contribution is 2.27. The average Bonchev–Trinajstić information content (AvgIpc) is 3.13. The third kappa shape index (κ3) is 3.58. The molecule has 2 aromatic heterocycles. The molecule has 1 fully saturated rings. The Hall–Kier alpha value is -2.21. The highest BCUT2D eigenvalue weighted by molar-refractivity contribution is 9.10. The van der Waals surface area contributed by atoms with Crippen LogP contribution in [0.1, 0.15) is 19.8 Å². The van der Waals surface area contributed by atoms with Crippen molar-refractivity contribution in [1.29, 1.82) is 0 Å². The zero-order valence-electron chi connectivity index (χ0n) is 14.0. The number of benzene rings is 1. The predicted octanol–water partition coefficient (Wildman–Crippen LogP) is 4.80. The van der Waals surface area contributed by atoms with E-state index in [0.717, 1.165) is 34.6 Å². The van der Waals surface area contributed by atoms with Crippen LogP contribution in [0.15, 0.2) is 51.7 Å². The molecule has 1 aromatic carbocycles. The number of rotatable bonds is 3. The fourth-order valence-electron chi connectivity index (χ4n) is 3.07. The van der Waals surface area contributed by atoms with Gasteiger partial charge in [0.1, 0.15) is 0 Å². The van der Waals surface area contributed by atoms with Crippen molar-refractivity contribution in [3.05, 3.63) is 47.2 Å². The van der Waals surface area contributed by atoms with Crippen molar-refractivity contribution in [1.82, 2.24) is 15.1 Å². The maximum atomic E-state index is 5.39. The molecule has 0 spiro atoms. The molecule has 0 bridgehead atoms. The Labute approximate surface area is 155 Å². The lowest BCUT2D eigenvalue weighted by atomic mass is 9.98. The van der Waals surface area contributed by atoms with Gasteiger partial charge in [-0.25, -0.2) is 0 Å². The van der Waals surface area contributed by atoms with Crippen LogP contribution in [-0.2, 0) is 0 Å². The minimum Gasteiger partial charge on any atom is -0.372 e. The third-order valence-corrected chi connectivity index (χ3v) is 5.09. The number of piperidine rings is 1. The van der Waals surface area contributed by atoms with Crippen LogP contribution >= 0.6 is 15.9 Å². The van der Waals surface area contributed by atoms with E-state index in [2.05, 4.69) is 67.1 Å². The minimum absolute atomic E-state index is 0.470. The normalized spacial score (nSPS) is 15.5. The lowest BCUT2D eigenvalue weighted by Gasteiger charge is -2.32.